The van der Waals surface area contributed by atoms with Gasteiger partial charge in [0.15, 0.2) is 0 Å². The fraction of sp³-hybridized carbons (Fsp3) is 0.143. The van der Waals surface area contributed by atoms with Crippen LogP contribution in [0.4, 0.5) is 5.69 Å². The van der Waals surface area contributed by atoms with Crippen molar-refractivity contribution >= 4 is 33.4 Å². The number of aliphatic hydroxyl groups is 1. The molecule has 19 heavy (non-hydrogen) atoms. The normalized spacial score (nSPS) is 11.1. The highest BCUT2D eigenvalue weighted by Gasteiger charge is 2.07. The number of hydrogen-bond donors (Lipinski definition) is 3. The molecule has 3 aromatic rings. The Balaban J connectivity index is 2.23. The third kappa shape index (κ3) is 2.04. The SMILES string of the molecule is CC(=O)Nc1ccc2[nH]c3cnc(CO)cc3c2c1. The van der Waals surface area contributed by atoms with E-state index in [1.807, 2.05) is 24.3 Å². The number of anilines is 1. The van der Waals surface area contributed by atoms with E-state index in [-0.39, 0.29) is 12.5 Å². The van der Waals surface area contributed by atoms with Gasteiger partial charge in [-0.15, -0.1) is 0 Å². The fourth-order valence-electron chi connectivity index (χ4n) is 2.21. The zero-order chi connectivity index (χ0) is 13.4. The Morgan fingerprint density at radius 1 is 1.32 bits per heavy atom. The molecular formula is C14H13N3O2. The van der Waals surface area contributed by atoms with Crippen LogP contribution >= 0.6 is 0 Å². The molecule has 0 atom stereocenters. The lowest BCUT2D eigenvalue weighted by molar-refractivity contribution is -0.114. The number of benzene rings is 1. The summed E-state index contributed by atoms with van der Waals surface area (Å²) in [4.78, 5) is 18.5. The number of hydrogen-bond acceptors (Lipinski definition) is 3. The Bertz CT molecular complexity index is 777. The summed E-state index contributed by atoms with van der Waals surface area (Å²) in [5.74, 6) is -0.100. The predicted octanol–water partition coefficient (Wildman–Crippen LogP) is 2.17. The maximum absolute atomic E-state index is 11.1. The van der Waals surface area contributed by atoms with Gasteiger partial charge < -0.3 is 15.4 Å². The van der Waals surface area contributed by atoms with Crippen molar-refractivity contribution < 1.29 is 9.90 Å². The number of H-pyrrole nitrogens is 1. The van der Waals surface area contributed by atoms with Gasteiger partial charge >= 0.3 is 0 Å². The molecule has 0 radical (unpaired) electrons. The van der Waals surface area contributed by atoms with E-state index < -0.39 is 0 Å². The second-order valence-corrected chi connectivity index (χ2v) is 4.45. The number of fused-ring (bicyclic) bond motifs is 3. The summed E-state index contributed by atoms with van der Waals surface area (Å²) in [6.45, 7) is 1.39. The minimum Gasteiger partial charge on any atom is -0.390 e. The number of aromatic nitrogens is 2. The minimum atomic E-state index is -0.100. The Hall–Kier alpha value is -2.40. The van der Waals surface area contributed by atoms with Gasteiger partial charge in [0.25, 0.3) is 0 Å². The number of carbonyl (C=O) groups is 1. The van der Waals surface area contributed by atoms with Crippen molar-refractivity contribution in [1.29, 1.82) is 0 Å². The van der Waals surface area contributed by atoms with E-state index in [2.05, 4.69) is 15.3 Å². The van der Waals surface area contributed by atoms with E-state index in [0.29, 0.717) is 5.69 Å². The quantitative estimate of drug-likeness (QED) is 0.656. The number of carbonyl (C=O) groups excluding carboxylic acids is 1. The van der Waals surface area contributed by atoms with Gasteiger partial charge in [-0.1, -0.05) is 0 Å². The van der Waals surface area contributed by atoms with Crippen molar-refractivity contribution in [2.45, 2.75) is 13.5 Å². The van der Waals surface area contributed by atoms with Crippen molar-refractivity contribution in [2.24, 2.45) is 0 Å². The highest BCUT2D eigenvalue weighted by atomic mass is 16.3. The molecule has 0 fully saturated rings. The molecule has 5 nitrogen and oxygen atoms in total. The van der Waals surface area contributed by atoms with E-state index >= 15 is 0 Å². The lowest BCUT2D eigenvalue weighted by Crippen LogP contribution is -2.05. The lowest BCUT2D eigenvalue weighted by atomic mass is 10.1. The van der Waals surface area contributed by atoms with Gasteiger partial charge in [-0.2, -0.15) is 0 Å². The molecule has 5 heteroatoms. The monoisotopic (exact) mass is 255 g/mol. The first kappa shape index (κ1) is 11.7. The van der Waals surface area contributed by atoms with Gasteiger partial charge in [-0.25, -0.2) is 0 Å². The van der Waals surface area contributed by atoms with E-state index in [0.717, 1.165) is 27.5 Å². The highest BCUT2D eigenvalue weighted by molar-refractivity contribution is 6.08. The maximum Gasteiger partial charge on any atom is 0.221 e. The summed E-state index contributed by atoms with van der Waals surface area (Å²) >= 11 is 0. The van der Waals surface area contributed by atoms with E-state index in [4.69, 9.17) is 5.11 Å². The Labute approximate surface area is 109 Å². The highest BCUT2D eigenvalue weighted by Crippen LogP contribution is 2.27. The number of nitrogens with one attached hydrogen (secondary N) is 2. The number of aromatic amines is 1. The van der Waals surface area contributed by atoms with Crippen LogP contribution in [0.1, 0.15) is 12.6 Å². The molecule has 0 unspecified atom stereocenters. The van der Waals surface area contributed by atoms with Crippen molar-refractivity contribution in [1.82, 2.24) is 9.97 Å². The third-order valence-corrected chi connectivity index (χ3v) is 3.02. The van der Waals surface area contributed by atoms with Gasteiger partial charge in [0.05, 0.1) is 24.0 Å². The standard InChI is InChI=1S/C14H13N3O2/c1-8(19)16-9-2-3-13-11(4-9)12-5-10(7-18)15-6-14(12)17-13/h2-6,17-18H,7H2,1H3,(H,16,19). The van der Waals surface area contributed by atoms with Gasteiger partial charge in [0.2, 0.25) is 5.91 Å². The molecule has 0 saturated heterocycles. The number of nitrogens with zero attached hydrogens (tertiary/aromatic N) is 1. The van der Waals surface area contributed by atoms with Gasteiger partial charge in [-0.3, -0.25) is 9.78 Å². The second kappa shape index (κ2) is 4.37. The van der Waals surface area contributed by atoms with Crippen LogP contribution in [-0.4, -0.2) is 21.0 Å². The number of rotatable bonds is 2. The van der Waals surface area contributed by atoms with Crippen LogP contribution in [-0.2, 0) is 11.4 Å². The van der Waals surface area contributed by atoms with Crippen molar-refractivity contribution in [3.8, 4) is 0 Å². The second-order valence-electron chi connectivity index (χ2n) is 4.45. The third-order valence-electron chi connectivity index (χ3n) is 3.02. The predicted molar refractivity (Wildman–Crippen MR) is 73.8 cm³/mol. The largest absolute Gasteiger partial charge is 0.390 e. The van der Waals surface area contributed by atoms with Crippen LogP contribution < -0.4 is 5.32 Å². The number of aliphatic hydroxyl groups excluding tert-OH is 1. The Morgan fingerprint density at radius 3 is 2.84 bits per heavy atom. The number of amides is 1. The summed E-state index contributed by atoms with van der Waals surface area (Å²) in [5, 5.41) is 13.9. The van der Waals surface area contributed by atoms with Gasteiger partial charge in [-0.05, 0) is 24.3 Å². The molecule has 1 amide bonds. The average Bonchev–Trinajstić information content (AvgIpc) is 2.75. The van der Waals surface area contributed by atoms with Gasteiger partial charge in [0.1, 0.15) is 0 Å². The van der Waals surface area contributed by atoms with E-state index in [9.17, 15) is 4.79 Å². The first-order valence-corrected chi connectivity index (χ1v) is 5.96. The Kier molecular flexibility index (Phi) is 2.68. The minimum absolute atomic E-state index is 0.0893. The Morgan fingerprint density at radius 2 is 2.11 bits per heavy atom. The number of pyridine rings is 1. The lowest BCUT2D eigenvalue weighted by Gasteiger charge is -2.01. The first-order chi connectivity index (χ1) is 9.17. The molecule has 2 heterocycles. The van der Waals surface area contributed by atoms with E-state index in [1.54, 1.807) is 6.20 Å². The molecule has 1 aromatic carbocycles. The molecule has 0 aliphatic heterocycles. The topological polar surface area (TPSA) is 78.0 Å². The molecule has 3 N–H and O–H groups in total. The molecule has 3 rings (SSSR count). The summed E-state index contributed by atoms with van der Waals surface area (Å²) in [7, 11) is 0. The van der Waals surface area contributed by atoms with E-state index in [1.165, 1.54) is 6.92 Å². The van der Waals surface area contributed by atoms with Crippen LogP contribution in [0.5, 0.6) is 0 Å². The van der Waals surface area contributed by atoms with Crippen LogP contribution in [0.25, 0.3) is 21.8 Å². The van der Waals surface area contributed by atoms with Crippen LogP contribution in [0.15, 0.2) is 30.5 Å². The molecule has 0 bridgehead atoms. The summed E-state index contributed by atoms with van der Waals surface area (Å²) in [6.07, 6.45) is 1.71. The smallest absolute Gasteiger partial charge is 0.221 e. The zero-order valence-electron chi connectivity index (χ0n) is 10.4. The van der Waals surface area contributed by atoms with Crippen molar-refractivity contribution in [3.05, 3.63) is 36.2 Å². The molecule has 96 valence electrons. The molecular weight excluding hydrogens is 242 g/mol. The summed E-state index contributed by atoms with van der Waals surface area (Å²) in [5.41, 5.74) is 3.26. The van der Waals surface area contributed by atoms with Crippen LogP contribution in [0.2, 0.25) is 0 Å². The summed E-state index contributed by atoms with van der Waals surface area (Å²) in [6, 6.07) is 7.53. The molecule has 0 aliphatic carbocycles. The fourth-order valence-corrected chi connectivity index (χ4v) is 2.21. The van der Waals surface area contributed by atoms with Crippen LogP contribution in [0, 0.1) is 0 Å². The first-order valence-electron chi connectivity index (χ1n) is 5.96. The van der Waals surface area contributed by atoms with Crippen molar-refractivity contribution in [2.75, 3.05) is 5.32 Å². The molecule has 0 saturated carbocycles. The zero-order valence-corrected chi connectivity index (χ0v) is 10.4. The van der Waals surface area contributed by atoms with Gasteiger partial charge in [0, 0.05) is 28.9 Å². The molecule has 0 aliphatic rings. The molecule has 2 aromatic heterocycles. The molecule has 0 spiro atoms. The maximum atomic E-state index is 11.1. The average molecular weight is 255 g/mol. The van der Waals surface area contributed by atoms with Crippen molar-refractivity contribution in [3.63, 3.8) is 0 Å². The summed E-state index contributed by atoms with van der Waals surface area (Å²) < 4.78 is 0. The van der Waals surface area contributed by atoms with Crippen LogP contribution in [0.3, 0.4) is 0 Å².